The van der Waals surface area contributed by atoms with E-state index in [2.05, 4.69) is 42.2 Å². The highest BCUT2D eigenvalue weighted by Crippen LogP contribution is 2.43. The number of rotatable bonds is 5. The van der Waals surface area contributed by atoms with Gasteiger partial charge in [-0.25, -0.2) is 4.79 Å². The highest BCUT2D eigenvalue weighted by molar-refractivity contribution is 5.93. The molecule has 0 N–H and O–H groups in total. The standard InChI is InChI=1S/C31H37N3O4/c1-21-26(13-10-23-7-6-18-32-27(21)23)22-8-11-24(12-9-22)37-25-14-19-34(20-15-25)28(35)31(16-17-31)33(5)29(36)38-30(2,3)4/h6-13,18,25H,14-17,19-20H2,1-5H3. The van der Waals surface area contributed by atoms with Gasteiger partial charge in [-0.3, -0.25) is 14.7 Å². The minimum atomic E-state index is -0.762. The summed E-state index contributed by atoms with van der Waals surface area (Å²) in [5, 5.41) is 1.14. The minimum Gasteiger partial charge on any atom is -0.490 e. The number of aryl methyl sites for hydroxylation is 1. The molecule has 3 aromatic rings. The lowest BCUT2D eigenvalue weighted by molar-refractivity contribution is -0.140. The number of ether oxygens (including phenoxy) is 2. The molecule has 0 atom stereocenters. The van der Waals surface area contributed by atoms with Gasteiger partial charge in [-0.2, -0.15) is 0 Å². The van der Waals surface area contributed by atoms with Gasteiger partial charge in [0, 0.05) is 44.6 Å². The lowest BCUT2D eigenvalue weighted by Gasteiger charge is -2.37. The molecule has 0 unspecified atom stereocenters. The van der Waals surface area contributed by atoms with Crippen molar-refractivity contribution in [3.05, 3.63) is 60.3 Å². The van der Waals surface area contributed by atoms with Crippen LogP contribution < -0.4 is 4.74 Å². The number of benzene rings is 2. The van der Waals surface area contributed by atoms with E-state index in [1.165, 1.54) is 16.0 Å². The van der Waals surface area contributed by atoms with Crippen molar-refractivity contribution < 1.29 is 19.1 Å². The molecule has 0 spiro atoms. The van der Waals surface area contributed by atoms with Crippen molar-refractivity contribution in [1.29, 1.82) is 0 Å². The number of aromatic nitrogens is 1. The average molecular weight is 516 g/mol. The van der Waals surface area contributed by atoms with Gasteiger partial charge in [0.15, 0.2) is 0 Å². The maximum atomic E-state index is 13.4. The van der Waals surface area contributed by atoms with Gasteiger partial charge >= 0.3 is 6.09 Å². The molecule has 2 aromatic carbocycles. The highest BCUT2D eigenvalue weighted by atomic mass is 16.6. The summed E-state index contributed by atoms with van der Waals surface area (Å²) in [6.45, 7) is 8.85. The predicted octanol–water partition coefficient (Wildman–Crippen LogP) is 5.98. The quantitative estimate of drug-likeness (QED) is 0.418. The fourth-order valence-electron chi connectivity index (χ4n) is 5.30. The summed E-state index contributed by atoms with van der Waals surface area (Å²) in [4.78, 5) is 33.9. The van der Waals surface area contributed by atoms with Crippen molar-refractivity contribution in [2.45, 2.75) is 70.6 Å². The van der Waals surface area contributed by atoms with Gasteiger partial charge in [0.1, 0.15) is 23.0 Å². The summed E-state index contributed by atoms with van der Waals surface area (Å²) < 4.78 is 11.8. The molecular formula is C31H37N3O4. The zero-order chi connectivity index (χ0) is 27.1. The van der Waals surface area contributed by atoms with Crippen LogP contribution in [0.2, 0.25) is 0 Å². The number of carbonyl (C=O) groups excluding carboxylic acids is 2. The Morgan fingerprint density at radius 3 is 2.34 bits per heavy atom. The molecular weight excluding hydrogens is 478 g/mol. The molecule has 5 rings (SSSR count). The van der Waals surface area contributed by atoms with Crippen LogP contribution >= 0.6 is 0 Å². The van der Waals surface area contributed by atoms with Gasteiger partial charge in [-0.1, -0.05) is 30.3 Å². The number of piperidine rings is 1. The third kappa shape index (κ3) is 5.19. The zero-order valence-corrected chi connectivity index (χ0v) is 23.0. The number of nitrogens with zero attached hydrogens (tertiary/aromatic N) is 3. The lowest BCUT2D eigenvalue weighted by atomic mass is 9.98. The Kier molecular flexibility index (Phi) is 6.80. The van der Waals surface area contributed by atoms with Crippen molar-refractivity contribution in [2.75, 3.05) is 20.1 Å². The first kappa shape index (κ1) is 26.0. The summed E-state index contributed by atoms with van der Waals surface area (Å²) >= 11 is 0. The van der Waals surface area contributed by atoms with Gasteiger partial charge < -0.3 is 14.4 Å². The van der Waals surface area contributed by atoms with Crippen LogP contribution in [0.1, 0.15) is 52.0 Å². The Bertz CT molecular complexity index is 1330. The van der Waals surface area contributed by atoms with Gasteiger partial charge in [0.2, 0.25) is 5.91 Å². The van der Waals surface area contributed by atoms with E-state index in [4.69, 9.17) is 9.47 Å². The van der Waals surface area contributed by atoms with Gasteiger partial charge in [-0.15, -0.1) is 0 Å². The van der Waals surface area contributed by atoms with Crippen LogP contribution in [-0.2, 0) is 9.53 Å². The maximum absolute atomic E-state index is 13.4. The Labute approximate surface area is 224 Å². The monoisotopic (exact) mass is 515 g/mol. The summed E-state index contributed by atoms with van der Waals surface area (Å²) in [5.74, 6) is 0.854. The number of likely N-dealkylation sites (tertiary alicyclic amines) is 1. The second-order valence-electron chi connectivity index (χ2n) is 11.5. The van der Waals surface area contributed by atoms with Gasteiger partial charge in [0.05, 0.1) is 5.52 Å². The normalized spacial score (nSPS) is 17.2. The number of hydrogen-bond donors (Lipinski definition) is 0. The van der Waals surface area contributed by atoms with E-state index in [0.29, 0.717) is 25.9 Å². The second-order valence-corrected chi connectivity index (χ2v) is 11.5. The molecule has 7 nitrogen and oxygen atoms in total. The number of likely N-dealkylation sites (N-methyl/N-ethyl adjacent to an activating group) is 1. The molecule has 2 heterocycles. The molecule has 2 fully saturated rings. The van der Waals surface area contributed by atoms with Crippen molar-refractivity contribution >= 4 is 22.9 Å². The average Bonchev–Trinajstić information content (AvgIpc) is 3.70. The van der Waals surface area contributed by atoms with E-state index in [9.17, 15) is 9.59 Å². The van der Waals surface area contributed by atoms with Crippen molar-refractivity contribution in [3.8, 4) is 16.9 Å². The van der Waals surface area contributed by atoms with Crippen LogP contribution in [0.15, 0.2) is 54.7 Å². The van der Waals surface area contributed by atoms with E-state index >= 15 is 0 Å². The second kappa shape index (κ2) is 9.93. The molecule has 1 saturated heterocycles. The smallest absolute Gasteiger partial charge is 0.410 e. The minimum absolute atomic E-state index is 0.0221. The largest absolute Gasteiger partial charge is 0.490 e. The summed E-state index contributed by atoms with van der Waals surface area (Å²) in [7, 11) is 1.68. The first-order valence-electron chi connectivity index (χ1n) is 13.4. The number of pyridine rings is 1. The Hall–Kier alpha value is -3.61. The van der Waals surface area contributed by atoms with Crippen molar-refractivity contribution in [3.63, 3.8) is 0 Å². The third-order valence-electron chi connectivity index (χ3n) is 7.66. The molecule has 200 valence electrons. The molecule has 1 aliphatic heterocycles. The number of carbonyl (C=O) groups is 2. The van der Waals surface area contributed by atoms with Crippen LogP contribution in [-0.4, -0.2) is 64.2 Å². The Balaban J connectivity index is 1.17. The number of hydrogen-bond acceptors (Lipinski definition) is 5. The number of fused-ring (bicyclic) bond motifs is 1. The molecule has 38 heavy (non-hydrogen) atoms. The summed E-state index contributed by atoms with van der Waals surface area (Å²) in [5.41, 5.74) is 3.13. The molecule has 7 heteroatoms. The van der Waals surface area contributed by atoms with E-state index in [1.54, 1.807) is 7.05 Å². The van der Waals surface area contributed by atoms with Crippen molar-refractivity contribution in [1.82, 2.24) is 14.8 Å². The van der Waals surface area contributed by atoms with E-state index < -0.39 is 17.2 Å². The SMILES string of the molecule is Cc1c(-c2ccc(OC3CCN(C(=O)C4(N(C)C(=O)OC(C)(C)C)CC4)CC3)cc2)ccc2cccnc12. The van der Waals surface area contributed by atoms with Gasteiger partial charge in [-0.05, 0) is 75.4 Å². The number of amides is 2. The van der Waals surface area contributed by atoms with E-state index in [-0.39, 0.29) is 12.0 Å². The van der Waals surface area contributed by atoms with Gasteiger partial charge in [0.25, 0.3) is 0 Å². The fourth-order valence-corrected chi connectivity index (χ4v) is 5.30. The highest BCUT2D eigenvalue weighted by Gasteiger charge is 2.57. The molecule has 1 aromatic heterocycles. The van der Waals surface area contributed by atoms with Crippen LogP contribution in [0, 0.1) is 6.92 Å². The summed E-state index contributed by atoms with van der Waals surface area (Å²) in [6, 6.07) is 16.5. The molecule has 2 amide bonds. The van der Waals surface area contributed by atoms with Crippen LogP contribution in [0.4, 0.5) is 4.79 Å². The first-order valence-corrected chi connectivity index (χ1v) is 13.4. The first-order chi connectivity index (χ1) is 18.1. The molecule has 1 aliphatic carbocycles. The topological polar surface area (TPSA) is 72.0 Å². The molecule has 0 radical (unpaired) electrons. The predicted molar refractivity (Wildman–Crippen MR) is 148 cm³/mol. The van der Waals surface area contributed by atoms with Crippen LogP contribution in [0.5, 0.6) is 5.75 Å². The molecule has 2 aliphatic rings. The summed E-state index contributed by atoms with van der Waals surface area (Å²) in [6.07, 6.45) is 4.31. The van der Waals surface area contributed by atoms with E-state index in [0.717, 1.165) is 35.1 Å². The fraction of sp³-hybridized carbons (Fsp3) is 0.452. The van der Waals surface area contributed by atoms with Crippen LogP contribution in [0.3, 0.4) is 0 Å². The molecule has 0 bridgehead atoms. The van der Waals surface area contributed by atoms with Crippen molar-refractivity contribution in [2.24, 2.45) is 0 Å². The lowest BCUT2D eigenvalue weighted by Crippen LogP contribution is -2.54. The third-order valence-corrected chi connectivity index (χ3v) is 7.66. The maximum Gasteiger partial charge on any atom is 0.410 e. The molecule has 1 saturated carbocycles. The van der Waals surface area contributed by atoms with Crippen LogP contribution in [0.25, 0.3) is 22.0 Å². The Morgan fingerprint density at radius 2 is 1.71 bits per heavy atom. The zero-order valence-electron chi connectivity index (χ0n) is 23.0. The van der Waals surface area contributed by atoms with E-state index in [1.807, 2.05) is 50.1 Å². The Morgan fingerprint density at radius 1 is 1.03 bits per heavy atom.